The molecule has 0 saturated heterocycles. The fraction of sp³-hybridized carbons (Fsp3) is 0.939. The Bertz CT molecular complexity index is 1670. The van der Waals surface area contributed by atoms with Gasteiger partial charge in [-0.1, -0.05) is 279 Å². The first kappa shape index (κ1) is 83.1. The number of aliphatic hydroxyl groups is 1. The van der Waals surface area contributed by atoms with Crippen LogP contribution in [0.5, 0.6) is 0 Å². The Morgan fingerprint density at radius 1 is 0.341 bits per heavy atom. The normalized spacial score (nSPS) is 14.6. The fourth-order valence-corrected chi connectivity index (χ4v) is 11.4. The molecule has 0 bridgehead atoms. The molecule has 0 heterocycles. The first-order chi connectivity index (χ1) is 40.9. The number of aliphatic hydroxyl groups excluding tert-OH is 1. The van der Waals surface area contributed by atoms with Crippen molar-refractivity contribution in [1.82, 2.24) is 0 Å². The highest BCUT2D eigenvalue weighted by molar-refractivity contribution is 7.47. The number of ether oxygens (including phenoxy) is 4. The van der Waals surface area contributed by atoms with Crippen LogP contribution in [-0.4, -0.2) is 96.7 Å². The van der Waals surface area contributed by atoms with Gasteiger partial charge in [0.25, 0.3) is 0 Å². The van der Waals surface area contributed by atoms with Gasteiger partial charge in [-0.2, -0.15) is 0 Å². The smallest absolute Gasteiger partial charge is 0.462 e. The molecule has 0 radical (unpaired) electrons. The summed E-state index contributed by atoms with van der Waals surface area (Å²) in [5.41, 5.74) is 0. The average Bonchev–Trinajstić information content (AvgIpc) is 3.51. The van der Waals surface area contributed by atoms with Crippen molar-refractivity contribution in [1.29, 1.82) is 0 Å². The van der Waals surface area contributed by atoms with Crippen LogP contribution in [0, 0.1) is 11.8 Å². The molecule has 19 heteroatoms. The highest BCUT2D eigenvalue weighted by Crippen LogP contribution is 2.45. The monoisotopic (exact) mass is 1250 g/mol. The van der Waals surface area contributed by atoms with Crippen molar-refractivity contribution in [2.75, 3.05) is 39.6 Å². The minimum atomic E-state index is -4.95. The minimum Gasteiger partial charge on any atom is -0.462 e. The first-order valence-corrected chi connectivity index (χ1v) is 37.5. The van der Waals surface area contributed by atoms with Gasteiger partial charge in [0.05, 0.1) is 26.4 Å². The Hall–Kier alpha value is -1.94. The molecular weight excluding hydrogens is 1130 g/mol. The molecule has 0 aliphatic heterocycles. The molecule has 0 aliphatic carbocycles. The van der Waals surface area contributed by atoms with Gasteiger partial charge >= 0.3 is 39.5 Å². The zero-order valence-corrected chi connectivity index (χ0v) is 56.7. The number of phosphoric acid groups is 2. The second-order valence-electron chi connectivity index (χ2n) is 24.6. The van der Waals surface area contributed by atoms with Gasteiger partial charge in [-0.05, 0) is 37.5 Å². The summed E-state index contributed by atoms with van der Waals surface area (Å²) in [5, 5.41) is 10.6. The summed E-state index contributed by atoms with van der Waals surface area (Å²) in [4.78, 5) is 72.3. The van der Waals surface area contributed by atoms with Gasteiger partial charge < -0.3 is 33.8 Å². The molecule has 6 atom stereocenters. The van der Waals surface area contributed by atoms with Crippen molar-refractivity contribution >= 4 is 39.5 Å². The third kappa shape index (κ3) is 59.5. The maximum Gasteiger partial charge on any atom is 0.472 e. The molecule has 0 rings (SSSR count). The van der Waals surface area contributed by atoms with E-state index in [1.54, 1.807) is 0 Å². The summed E-state index contributed by atoms with van der Waals surface area (Å²) in [6.07, 6.45) is 41.6. The van der Waals surface area contributed by atoms with Gasteiger partial charge in [-0.3, -0.25) is 37.3 Å². The Kier molecular flexibility index (Phi) is 57.1. The van der Waals surface area contributed by atoms with Crippen LogP contribution in [0.15, 0.2) is 0 Å². The van der Waals surface area contributed by atoms with Crippen molar-refractivity contribution in [2.45, 2.75) is 349 Å². The van der Waals surface area contributed by atoms with Crippen molar-refractivity contribution in [3.8, 4) is 0 Å². The number of hydrogen-bond donors (Lipinski definition) is 3. The van der Waals surface area contributed by atoms with Crippen LogP contribution >= 0.6 is 15.6 Å². The molecule has 0 saturated carbocycles. The van der Waals surface area contributed by atoms with Crippen LogP contribution in [0.2, 0.25) is 0 Å². The number of hydrogen-bond acceptors (Lipinski definition) is 15. The van der Waals surface area contributed by atoms with Crippen LogP contribution in [0.1, 0.15) is 330 Å². The summed E-state index contributed by atoms with van der Waals surface area (Å²) < 4.78 is 68.1. The van der Waals surface area contributed by atoms with Gasteiger partial charge in [0, 0.05) is 25.7 Å². The molecule has 17 nitrogen and oxygen atoms in total. The van der Waals surface area contributed by atoms with Crippen LogP contribution in [0.4, 0.5) is 0 Å². The van der Waals surface area contributed by atoms with E-state index >= 15 is 0 Å². The maximum absolute atomic E-state index is 13.0. The summed E-state index contributed by atoms with van der Waals surface area (Å²) in [7, 11) is -9.89. The van der Waals surface area contributed by atoms with Crippen molar-refractivity contribution in [2.24, 2.45) is 11.8 Å². The van der Waals surface area contributed by atoms with Gasteiger partial charge in [0.15, 0.2) is 12.2 Å². The minimum absolute atomic E-state index is 0.103. The Morgan fingerprint density at radius 3 is 0.894 bits per heavy atom. The molecule has 85 heavy (non-hydrogen) atoms. The van der Waals surface area contributed by atoms with E-state index in [1.165, 1.54) is 148 Å². The van der Waals surface area contributed by atoms with Crippen LogP contribution in [0.3, 0.4) is 0 Å². The summed E-state index contributed by atoms with van der Waals surface area (Å²) in [6, 6.07) is 0. The van der Waals surface area contributed by atoms with E-state index in [0.29, 0.717) is 25.7 Å². The molecule has 0 aromatic carbocycles. The SMILES string of the molecule is CCCCCCCCCCCCCCC(=O)OC[C@H](COP(=O)(O)OC[C@@H](O)COP(=O)(O)OC[C@@H](COC(=O)CCCCCCCCCCCC)OC(=O)CCCCCCCCC(C)CC)OC(=O)CCCCCCCCCCCCC(C)C. The summed E-state index contributed by atoms with van der Waals surface area (Å²) >= 11 is 0. The Balaban J connectivity index is 5.25. The number of carbonyl (C=O) groups is 4. The molecule has 0 aliphatic rings. The largest absolute Gasteiger partial charge is 0.472 e. The van der Waals surface area contributed by atoms with Gasteiger partial charge in [0.1, 0.15) is 19.3 Å². The number of unbranched alkanes of at least 4 members (excludes halogenated alkanes) is 34. The quantitative estimate of drug-likeness (QED) is 0.0222. The number of carbonyl (C=O) groups excluding carboxylic acids is 4. The van der Waals surface area contributed by atoms with E-state index in [9.17, 15) is 43.2 Å². The lowest BCUT2D eigenvalue weighted by Gasteiger charge is -2.21. The lowest BCUT2D eigenvalue weighted by Crippen LogP contribution is -2.30. The van der Waals surface area contributed by atoms with Crippen LogP contribution < -0.4 is 0 Å². The molecule has 0 fully saturated rings. The molecule has 0 aromatic rings. The van der Waals surface area contributed by atoms with Gasteiger partial charge in [-0.15, -0.1) is 0 Å². The molecule has 504 valence electrons. The molecular formula is C66H128O17P2. The topological polar surface area (TPSA) is 237 Å². The highest BCUT2D eigenvalue weighted by Gasteiger charge is 2.30. The van der Waals surface area contributed by atoms with Gasteiger partial charge in [0.2, 0.25) is 0 Å². The molecule has 0 spiro atoms. The standard InChI is InChI=1S/C66H128O17P2/c1-7-10-12-14-16-18-20-21-26-30-37-43-49-64(69)76-54-61(82-65(70)50-44-38-31-27-23-22-24-28-34-40-46-58(4)5)56-80-84(72,73)78-52-60(67)53-79-85(74,75)81-57-62(83-66(71)51-45-39-33-32-35-41-47-59(6)9-3)55-77-63(68)48-42-36-29-25-19-17-15-13-11-8-2/h58-62,67H,7-57H2,1-6H3,(H,72,73)(H,74,75)/t59?,60-,61-,62-/m1/s1. The van der Waals surface area contributed by atoms with Crippen LogP contribution in [0.25, 0.3) is 0 Å². The second kappa shape index (κ2) is 58.4. The fourth-order valence-electron chi connectivity index (χ4n) is 9.85. The van der Waals surface area contributed by atoms with E-state index in [-0.39, 0.29) is 25.7 Å². The molecule has 3 unspecified atom stereocenters. The zero-order valence-electron chi connectivity index (χ0n) is 54.9. The predicted octanol–water partition coefficient (Wildman–Crippen LogP) is 18.4. The highest BCUT2D eigenvalue weighted by atomic mass is 31.2. The van der Waals surface area contributed by atoms with Crippen LogP contribution in [-0.2, 0) is 65.4 Å². The number of phosphoric ester groups is 2. The third-order valence-electron chi connectivity index (χ3n) is 15.6. The van der Waals surface area contributed by atoms with Crippen molar-refractivity contribution in [3.05, 3.63) is 0 Å². The maximum atomic E-state index is 13.0. The Morgan fingerprint density at radius 2 is 0.600 bits per heavy atom. The summed E-state index contributed by atoms with van der Waals surface area (Å²) in [6.45, 7) is 9.45. The predicted molar refractivity (Wildman–Crippen MR) is 340 cm³/mol. The molecule has 0 aromatic heterocycles. The van der Waals surface area contributed by atoms with Crippen molar-refractivity contribution in [3.63, 3.8) is 0 Å². The van der Waals surface area contributed by atoms with E-state index in [4.69, 9.17) is 37.0 Å². The molecule has 0 amide bonds. The third-order valence-corrected chi connectivity index (χ3v) is 17.5. The van der Waals surface area contributed by atoms with Gasteiger partial charge in [-0.25, -0.2) is 9.13 Å². The van der Waals surface area contributed by atoms with E-state index in [0.717, 1.165) is 102 Å². The first-order valence-electron chi connectivity index (χ1n) is 34.5. The van der Waals surface area contributed by atoms with E-state index in [2.05, 4.69) is 41.5 Å². The lowest BCUT2D eigenvalue weighted by atomic mass is 10.00. The van der Waals surface area contributed by atoms with E-state index in [1.807, 2.05) is 0 Å². The number of esters is 4. The zero-order chi connectivity index (χ0) is 62.9. The Labute approximate surface area is 517 Å². The lowest BCUT2D eigenvalue weighted by molar-refractivity contribution is -0.161. The van der Waals surface area contributed by atoms with E-state index < -0.39 is 97.5 Å². The number of rotatable bonds is 65. The average molecular weight is 1260 g/mol. The second-order valence-corrected chi connectivity index (χ2v) is 27.5. The van der Waals surface area contributed by atoms with Crippen molar-refractivity contribution < 1.29 is 80.2 Å². The summed E-state index contributed by atoms with van der Waals surface area (Å²) in [5.74, 6) is -0.660. The molecule has 3 N–H and O–H groups in total.